The summed E-state index contributed by atoms with van der Waals surface area (Å²) in [5.41, 5.74) is 1.21. The van der Waals surface area contributed by atoms with E-state index in [1.807, 2.05) is 17.9 Å². The van der Waals surface area contributed by atoms with Gasteiger partial charge >= 0.3 is 0 Å². The minimum Gasteiger partial charge on any atom is -0.357 e. The van der Waals surface area contributed by atoms with E-state index >= 15 is 0 Å². The second kappa shape index (κ2) is 10.6. The molecule has 6 heteroatoms. The molecule has 2 rings (SSSR count). The van der Waals surface area contributed by atoms with Gasteiger partial charge in [-0.15, -0.1) is 0 Å². The number of likely N-dealkylation sites (N-methyl/N-ethyl adjacent to an activating group) is 1. The fourth-order valence-corrected chi connectivity index (χ4v) is 3.87. The zero-order valence-corrected chi connectivity index (χ0v) is 17.3. The van der Waals surface area contributed by atoms with Crippen molar-refractivity contribution in [1.29, 1.82) is 0 Å². The van der Waals surface area contributed by atoms with Gasteiger partial charge in [-0.05, 0) is 52.6 Å². The lowest BCUT2D eigenvalue weighted by Crippen LogP contribution is -2.45. The topological polar surface area (TPSA) is 57.5 Å². The molecule has 1 unspecified atom stereocenters. The van der Waals surface area contributed by atoms with Gasteiger partial charge < -0.3 is 15.5 Å². The van der Waals surface area contributed by atoms with Gasteiger partial charge in [-0.3, -0.25) is 9.67 Å². The van der Waals surface area contributed by atoms with Gasteiger partial charge in [0, 0.05) is 31.4 Å². The third kappa shape index (κ3) is 6.31. The molecule has 0 aliphatic heterocycles. The molecular formula is C20H38N6. The Kier molecular flexibility index (Phi) is 8.42. The fraction of sp³-hybridized carbons (Fsp3) is 0.800. The highest BCUT2D eigenvalue weighted by atomic mass is 15.3. The number of aromatic nitrogens is 2. The van der Waals surface area contributed by atoms with Gasteiger partial charge in [-0.25, -0.2) is 0 Å². The predicted octanol–water partition coefficient (Wildman–Crippen LogP) is 2.94. The Labute approximate surface area is 159 Å². The standard InChI is InChI=1S/C20H38N6/c1-6-8-16-9-11-18(12-10-16)24-20(21-7-2)22-14-19(25(3)4)17-13-23-26(5)15-17/h13,15-16,18-19H,6-12,14H2,1-5H3,(H2,21,22,24). The van der Waals surface area contributed by atoms with Crippen LogP contribution in [0.4, 0.5) is 0 Å². The quantitative estimate of drug-likeness (QED) is 0.551. The van der Waals surface area contributed by atoms with Crippen molar-refractivity contribution in [2.24, 2.45) is 18.0 Å². The van der Waals surface area contributed by atoms with Crippen LogP contribution in [0, 0.1) is 5.92 Å². The van der Waals surface area contributed by atoms with E-state index in [-0.39, 0.29) is 6.04 Å². The first-order valence-corrected chi connectivity index (χ1v) is 10.2. The van der Waals surface area contributed by atoms with Gasteiger partial charge in [0.05, 0.1) is 18.8 Å². The van der Waals surface area contributed by atoms with Gasteiger partial charge in [0.25, 0.3) is 0 Å². The molecule has 1 aromatic rings. The zero-order valence-electron chi connectivity index (χ0n) is 17.3. The van der Waals surface area contributed by atoms with Crippen molar-refractivity contribution in [2.75, 3.05) is 27.2 Å². The van der Waals surface area contributed by atoms with Crippen molar-refractivity contribution in [3.63, 3.8) is 0 Å². The molecule has 0 aromatic carbocycles. The molecular weight excluding hydrogens is 324 g/mol. The molecule has 1 aliphatic rings. The summed E-state index contributed by atoms with van der Waals surface area (Å²) in [6, 6.07) is 0.788. The number of hydrogen-bond acceptors (Lipinski definition) is 3. The number of aliphatic imine (C=N–C) groups is 1. The third-order valence-corrected chi connectivity index (χ3v) is 5.38. The molecule has 148 valence electrons. The van der Waals surface area contributed by atoms with Crippen molar-refractivity contribution >= 4 is 5.96 Å². The molecule has 1 aromatic heterocycles. The Morgan fingerprint density at radius 3 is 2.58 bits per heavy atom. The summed E-state index contributed by atoms with van der Waals surface area (Å²) in [6.07, 6.45) is 11.9. The SMILES string of the molecule is CCCC1CCC(NC(=NCC(c2cnn(C)c2)N(C)C)NCC)CC1. The summed E-state index contributed by atoms with van der Waals surface area (Å²) >= 11 is 0. The zero-order chi connectivity index (χ0) is 18.9. The number of hydrogen-bond donors (Lipinski definition) is 2. The summed E-state index contributed by atoms with van der Waals surface area (Å²) in [7, 11) is 6.16. The van der Waals surface area contributed by atoms with Crippen LogP contribution >= 0.6 is 0 Å². The molecule has 0 saturated heterocycles. The van der Waals surface area contributed by atoms with Crippen LogP contribution in [0.3, 0.4) is 0 Å². The van der Waals surface area contributed by atoms with Crippen molar-refractivity contribution < 1.29 is 0 Å². The predicted molar refractivity (Wildman–Crippen MR) is 109 cm³/mol. The molecule has 2 N–H and O–H groups in total. The summed E-state index contributed by atoms with van der Waals surface area (Å²) in [5.74, 6) is 1.88. The molecule has 6 nitrogen and oxygen atoms in total. The summed E-state index contributed by atoms with van der Waals surface area (Å²) in [4.78, 5) is 7.09. The van der Waals surface area contributed by atoms with E-state index in [4.69, 9.17) is 4.99 Å². The molecule has 1 aliphatic carbocycles. The maximum absolute atomic E-state index is 4.89. The van der Waals surface area contributed by atoms with E-state index in [1.54, 1.807) is 0 Å². The lowest BCUT2D eigenvalue weighted by atomic mass is 9.83. The summed E-state index contributed by atoms with van der Waals surface area (Å²) in [5, 5.41) is 11.4. The minimum absolute atomic E-state index is 0.236. The molecule has 1 saturated carbocycles. The van der Waals surface area contributed by atoms with Crippen molar-refractivity contribution in [1.82, 2.24) is 25.3 Å². The number of nitrogens with one attached hydrogen (secondary N) is 2. The van der Waals surface area contributed by atoms with Crippen LogP contribution in [-0.4, -0.2) is 53.9 Å². The van der Waals surface area contributed by atoms with Crippen LogP contribution in [0.5, 0.6) is 0 Å². The summed E-state index contributed by atoms with van der Waals surface area (Å²) in [6.45, 7) is 6.03. The van der Waals surface area contributed by atoms with Gasteiger partial charge in [-0.1, -0.05) is 19.8 Å². The van der Waals surface area contributed by atoms with Gasteiger partial charge in [-0.2, -0.15) is 5.10 Å². The number of rotatable bonds is 8. The maximum Gasteiger partial charge on any atom is 0.191 e. The highest BCUT2D eigenvalue weighted by Gasteiger charge is 2.21. The lowest BCUT2D eigenvalue weighted by Gasteiger charge is -2.30. The van der Waals surface area contributed by atoms with Gasteiger partial charge in [0.15, 0.2) is 5.96 Å². The second-order valence-corrected chi connectivity index (χ2v) is 7.80. The molecule has 0 amide bonds. The molecule has 26 heavy (non-hydrogen) atoms. The molecule has 1 heterocycles. The highest BCUT2D eigenvalue weighted by molar-refractivity contribution is 5.80. The van der Waals surface area contributed by atoms with Crippen LogP contribution in [0.15, 0.2) is 17.4 Å². The minimum atomic E-state index is 0.236. The lowest BCUT2D eigenvalue weighted by molar-refractivity contribution is 0.293. The first kappa shape index (κ1) is 20.7. The van der Waals surface area contributed by atoms with Crippen LogP contribution in [0.1, 0.15) is 64.0 Å². The number of nitrogens with zero attached hydrogens (tertiary/aromatic N) is 4. The smallest absolute Gasteiger partial charge is 0.191 e. The Morgan fingerprint density at radius 1 is 1.31 bits per heavy atom. The van der Waals surface area contributed by atoms with Crippen LogP contribution in [0.25, 0.3) is 0 Å². The van der Waals surface area contributed by atoms with Crippen molar-refractivity contribution in [3.8, 4) is 0 Å². The molecule has 1 fully saturated rings. The highest BCUT2D eigenvalue weighted by Crippen LogP contribution is 2.27. The average molecular weight is 363 g/mol. The van der Waals surface area contributed by atoms with Crippen molar-refractivity contribution in [3.05, 3.63) is 18.0 Å². The Balaban J connectivity index is 1.94. The van der Waals surface area contributed by atoms with Crippen LogP contribution in [0.2, 0.25) is 0 Å². The monoisotopic (exact) mass is 362 g/mol. The fourth-order valence-electron chi connectivity index (χ4n) is 3.87. The first-order valence-electron chi connectivity index (χ1n) is 10.2. The van der Waals surface area contributed by atoms with E-state index in [0.29, 0.717) is 6.04 Å². The van der Waals surface area contributed by atoms with E-state index in [9.17, 15) is 0 Å². The molecule has 0 radical (unpaired) electrons. The molecule has 0 bridgehead atoms. The second-order valence-electron chi connectivity index (χ2n) is 7.80. The largest absolute Gasteiger partial charge is 0.357 e. The average Bonchev–Trinajstić information content (AvgIpc) is 3.03. The van der Waals surface area contributed by atoms with Crippen LogP contribution in [-0.2, 0) is 7.05 Å². The van der Waals surface area contributed by atoms with E-state index < -0.39 is 0 Å². The summed E-state index contributed by atoms with van der Waals surface area (Å²) < 4.78 is 1.85. The number of aryl methyl sites for hydroxylation is 1. The Bertz CT molecular complexity index is 542. The van der Waals surface area contributed by atoms with Gasteiger partial charge in [0.2, 0.25) is 0 Å². The maximum atomic E-state index is 4.89. The first-order chi connectivity index (χ1) is 12.5. The Hall–Kier alpha value is -1.56. The third-order valence-electron chi connectivity index (χ3n) is 5.38. The molecule has 0 spiro atoms. The van der Waals surface area contributed by atoms with Crippen LogP contribution < -0.4 is 10.6 Å². The Morgan fingerprint density at radius 2 is 2.04 bits per heavy atom. The van der Waals surface area contributed by atoms with E-state index in [0.717, 1.165) is 25.0 Å². The van der Waals surface area contributed by atoms with Gasteiger partial charge in [0.1, 0.15) is 0 Å². The number of guanidine groups is 1. The van der Waals surface area contributed by atoms with E-state index in [1.165, 1.54) is 44.1 Å². The van der Waals surface area contributed by atoms with E-state index in [2.05, 4.69) is 54.8 Å². The molecule has 1 atom stereocenters. The normalized spacial score (nSPS) is 22.5. The van der Waals surface area contributed by atoms with Crippen molar-refractivity contribution in [2.45, 2.75) is 64.5 Å².